The second-order valence-corrected chi connectivity index (χ2v) is 10.2. The van der Waals surface area contributed by atoms with Crippen molar-refractivity contribution in [3.8, 4) is 0 Å². The van der Waals surface area contributed by atoms with Crippen molar-refractivity contribution in [1.82, 2.24) is 9.55 Å². The van der Waals surface area contributed by atoms with Crippen molar-refractivity contribution in [2.75, 3.05) is 4.90 Å². The van der Waals surface area contributed by atoms with E-state index in [2.05, 4.69) is 27.0 Å². The Morgan fingerprint density at radius 1 is 1.29 bits per heavy atom. The van der Waals surface area contributed by atoms with Crippen LogP contribution in [0.25, 0.3) is 10.9 Å². The monoisotopic (exact) mass is 501 g/mol. The zero-order chi connectivity index (χ0) is 22.3. The molecule has 0 bridgehead atoms. The Bertz CT molecular complexity index is 1210. The molecular formula is C23H24BrN3O3S. The number of aliphatic hydroxyl groups is 1. The number of halogens is 1. The minimum atomic E-state index is -0.722. The molecule has 1 aliphatic heterocycles. The van der Waals surface area contributed by atoms with E-state index in [0.717, 1.165) is 16.6 Å². The Morgan fingerprint density at radius 3 is 2.77 bits per heavy atom. The predicted octanol–water partition coefficient (Wildman–Crippen LogP) is 4.00. The average Bonchev–Trinajstić information content (AvgIpc) is 3.06. The third kappa shape index (κ3) is 4.29. The highest BCUT2D eigenvalue weighted by Crippen LogP contribution is 2.34. The first-order valence-corrected chi connectivity index (χ1v) is 11.9. The van der Waals surface area contributed by atoms with Crippen LogP contribution in [0.5, 0.6) is 0 Å². The average molecular weight is 502 g/mol. The summed E-state index contributed by atoms with van der Waals surface area (Å²) in [5, 5.41) is 10.4. The van der Waals surface area contributed by atoms with Crippen molar-refractivity contribution in [3.05, 3.63) is 62.9 Å². The number of nitrogens with zero attached hydrogens (tertiary/aromatic N) is 3. The minimum absolute atomic E-state index is 0.0174. The molecule has 3 atom stereocenters. The molecule has 0 radical (unpaired) electrons. The van der Waals surface area contributed by atoms with Gasteiger partial charge in [0.2, 0.25) is 5.91 Å². The van der Waals surface area contributed by atoms with E-state index < -0.39 is 11.4 Å². The molecule has 31 heavy (non-hydrogen) atoms. The molecule has 0 saturated heterocycles. The number of thioether (sulfide) groups is 1. The molecule has 0 saturated carbocycles. The van der Waals surface area contributed by atoms with Crippen LogP contribution in [0, 0.1) is 0 Å². The summed E-state index contributed by atoms with van der Waals surface area (Å²) in [5.41, 5.74) is 2.46. The van der Waals surface area contributed by atoms with Crippen LogP contribution in [0.15, 0.2) is 56.9 Å². The normalized spacial score (nSPS) is 17.6. The third-order valence-corrected chi connectivity index (χ3v) is 6.97. The van der Waals surface area contributed by atoms with Crippen molar-refractivity contribution >= 4 is 50.2 Å². The number of para-hydroxylation sites is 1. The van der Waals surface area contributed by atoms with Crippen LogP contribution in [0.3, 0.4) is 0 Å². The van der Waals surface area contributed by atoms with Gasteiger partial charge in [0, 0.05) is 16.2 Å². The molecule has 0 spiro atoms. The van der Waals surface area contributed by atoms with Gasteiger partial charge >= 0.3 is 0 Å². The lowest BCUT2D eigenvalue weighted by Crippen LogP contribution is -2.40. The largest absolute Gasteiger partial charge is 0.392 e. The number of hydrogen-bond acceptors (Lipinski definition) is 5. The first-order valence-electron chi connectivity index (χ1n) is 10.2. The molecule has 162 valence electrons. The van der Waals surface area contributed by atoms with Crippen LogP contribution >= 0.6 is 27.7 Å². The molecule has 6 nitrogen and oxygen atoms in total. The lowest BCUT2D eigenvalue weighted by atomic mass is 10.1. The third-order valence-electron chi connectivity index (χ3n) is 5.40. The van der Waals surface area contributed by atoms with Gasteiger partial charge in [-0.1, -0.05) is 45.9 Å². The van der Waals surface area contributed by atoms with Gasteiger partial charge in [-0.15, -0.1) is 0 Å². The molecule has 0 unspecified atom stereocenters. The summed E-state index contributed by atoms with van der Waals surface area (Å²) in [6, 6.07) is 13.4. The van der Waals surface area contributed by atoms with Crippen LogP contribution in [-0.2, 0) is 17.8 Å². The van der Waals surface area contributed by atoms with Gasteiger partial charge in [-0.2, -0.15) is 0 Å². The molecule has 1 aliphatic rings. The SMILES string of the molecule is C[C@@H]1Cc2ccccc2N1C(=O)[C@@H](C)Sc1nc2ccc(Br)cc2c(=O)n1C[C@@H](C)O. The van der Waals surface area contributed by atoms with Gasteiger partial charge in [0.15, 0.2) is 5.16 Å². The number of fused-ring (bicyclic) bond motifs is 2. The number of carbonyl (C=O) groups is 1. The Balaban J connectivity index is 1.70. The molecule has 4 rings (SSSR count). The van der Waals surface area contributed by atoms with Crippen molar-refractivity contribution in [1.29, 1.82) is 0 Å². The summed E-state index contributed by atoms with van der Waals surface area (Å²) >= 11 is 4.65. The van der Waals surface area contributed by atoms with E-state index in [4.69, 9.17) is 0 Å². The highest BCUT2D eigenvalue weighted by atomic mass is 79.9. The first kappa shape index (κ1) is 22.0. The molecule has 0 aliphatic carbocycles. The summed E-state index contributed by atoms with van der Waals surface area (Å²) < 4.78 is 2.25. The Labute approximate surface area is 193 Å². The maximum atomic E-state index is 13.4. The molecule has 2 heterocycles. The van der Waals surface area contributed by atoms with Gasteiger partial charge in [0.25, 0.3) is 5.56 Å². The first-order chi connectivity index (χ1) is 14.8. The van der Waals surface area contributed by atoms with Gasteiger partial charge in [-0.3, -0.25) is 14.2 Å². The minimum Gasteiger partial charge on any atom is -0.392 e. The standard InChI is InChI=1S/C23H24BrN3O3S/c1-13-10-16-6-4-5-7-20(16)27(13)21(29)15(3)31-23-25-19-9-8-17(24)11-18(19)22(30)26(23)12-14(2)28/h4-9,11,13-15,28H,10,12H2,1-3H3/t13-,14-,15-/m1/s1. The fourth-order valence-electron chi connectivity index (χ4n) is 3.99. The number of amides is 1. The van der Waals surface area contributed by atoms with E-state index in [0.29, 0.717) is 16.1 Å². The number of hydrogen-bond donors (Lipinski definition) is 1. The maximum Gasteiger partial charge on any atom is 0.262 e. The maximum absolute atomic E-state index is 13.4. The predicted molar refractivity (Wildman–Crippen MR) is 128 cm³/mol. The fourth-order valence-corrected chi connectivity index (χ4v) is 5.32. The van der Waals surface area contributed by atoms with Crippen LogP contribution in [0.4, 0.5) is 5.69 Å². The topological polar surface area (TPSA) is 75.4 Å². The summed E-state index contributed by atoms with van der Waals surface area (Å²) in [5.74, 6) is -0.0174. The Morgan fingerprint density at radius 2 is 2.03 bits per heavy atom. The van der Waals surface area contributed by atoms with E-state index in [1.165, 1.54) is 21.9 Å². The highest BCUT2D eigenvalue weighted by molar-refractivity contribution is 9.10. The van der Waals surface area contributed by atoms with Gasteiger partial charge in [0.1, 0.15) is 0 Å². The molecule has 1 aromatic heterocycles. The smallest absolute Gasteiger partial charge is 0.262 e. The van der Waals surface area contributed by atoms with Crippen molar-refractivity contribution in [2.24, 2.45) is 0 Å². The fraction of sp³-hybridized carbons (Fsp3) is 0.348. The zero-order valence-electron chi connectivity index (χ0n) is 17.6. The Hall–Kier alpha value is -2.16. The van der Waals surface area contributed by atoms with Crippen LogP contribution in [-0.4, -0.2) is 38.0 Å². The van der Waals surface area contributed by atoms with Gasteiger partial charge in [0.05, 0.1) is 28.8 Å². The number of benzene rings is 2. The van der Waals surface area contributed by atoms with Crippen molar-refractivity contribution in [3.63, 3.8) is 0 Å². The lowest BCUT2D eigenvalue weighted by molar-refractivity contribution is -0.118. The van der Waals surface area contributed by atoms with Crippen molar-refractivity contribution in [2.45, 2.75) is 56.3 Å². The summed E-state index contributed by atoms with van der Waals surface area (Å²) in [7, 11) is 0. The molecule has 3 aromatic rings. The van der Waals surface area contributed by atoms with Gasteiger partial charge in [-0.25, -0.2) is 4.98 Å². The van der Waals surface area contributed by atoms with Gasteiger partial charge in [-0.05, 0) is 57.0 Å². The number of aliphatic hydroxyl groups excluding tert-OH is 1. The van der Waals surface area contributed by atoms with E-state index >= 15 is 0 Å². The van der Waals surface area contributed by atoms with Crippen LogP contribution < -0.4 is 10.5 Å². The molecule has 8 heteroatoms. The summed E-state index contributed by atoms with van der Waals surface area (Å²) in [6.45, 7) is 5.62. The molecule has 0 fully saturated rings. The molecule has 1 amide bonds. The number of rotatable bonds is 5. The second kappa shape index (κ2) is 8.76. The van der Waals surface area contributed by atoms with E-state index in [1.54, 1.807) is 19.1 Å². The van der Waals surface area contributed by atoms with E-state index in [-0.39, 0.29) is 24.1 Å². The zero-order valence-corrected chi connectivity index (χ0v) is 20.0. The lowest BCUT2D eigenvalue weighted by Gasteiger charge is -2.26. The second-order valence-electron chi connectivity index (χ2n) is 7.97. The van der Waals surface area contributed by atoms with Crippen LogP contribution in [0.1, 0.15) is 26.3 Å². The van der Waals surface area contributed by atoms with Crippen LogP contribution in [0.2, 0.25) is 0 Å². The Kier molecular flexibility index (Phi) is 6.23. The summed E-state index contributed by atoms with van der Waals surface area (Å²) in [6.07, 6.45) is 0.106. The molecule has 2 aromatic carbocycles. The van der Waals surface area contributed by atoms with E-state index in [9.17, 15) is 14.7 Å². The number of carbonyl (C=O) groups excluding carboxylic acids is 1. The van der Waals surface area contributed by atoms with E-state index in [1.807, 2.05) is 43.0 Å². The quantitative estimate of drug-likeness (QED) is 0.422. The number of anilines is 1. The molecular weight excluding hydrogens is 478 g/mol. The summed E-state index contributed by atoms with van der Waals surface area (Å²) in [4.78, 5) is 33.0. The molecule has 1 N–H and O–H groups in total. The van der Waals surface area contributed by atoms with Gasteiger partial charge < -0.3 is 10.0 Å². The van der Waals surface area contributed by atoms with Crippen molar-refractivity contribution < 1.29 is 9.90 Å². The number of aromatic nitrogens is 2. The highest BCUT2D eigenvalue weighted by Gasteiger charge is 2.34.